The summed E-state index contributed by atoms with van der Waals surface area (Å²) in [5, 5.41) is 13.5. The van der Waals surface area contributed by atoms with Crippen molar-refractivity contribution in [1.82, 2.24) is 5.32 Å². The lowest BCUT2D eigenvalue weighted by Gasteiger charge is -2.03. The monoisotopic (exact) mass is 277 g/mol. The largest absolute Gasteiger partial charge is 0.395 e. The van der Waals surface area contributed by atoms with Crippen molar-refractivity contribution in [2.75, 3.05) is 13.2 Å². The number of carbonyl (C=O) groups excluding carboxylic acids is 1. The fourth-order valence-corrected chi connectivity index (χ4v) is 2.64. The van der Waals surface area contributed by atoms with Gasteiger partial charge in [-0.15, -0.1) is 11.3 Å². The van der Waals surface area contributed by atoms with E-state index in [1.165, 1.54) is 30.6 Å². The molecule has 0 aromatic carbocycles. The Balaban J connectivity index is 1.80. The summed E-state index contributed by atoms with van der Waals surface area (Å²) in [5.74, 6) is 6.67. The molecule has 0 spiro atoms. The number of rotatable bonds is 6. The average Bonchev–Trinajstić information content (AvgIpc) is 3.12. The lowest BCUT2D eigenvalue weighted by molar-refractivity contribution is 0.0956. The highest BCUT2D eigenvalue weighted by atomic mass is 32.1. The van der Waals surface area contributed by atoms with Crippen LogP contribution in [-0.2, 0) is 0 Å². The van der Waals surface area contributed by atoms with Crippen molar-refractivity contribution < 1.29 is 9.90 Å². The highest BCUT2D eigenvalue weighted by molar-refractivity contribution is 7.12. The Kier molecular flexibility index (Phi) is 5.44. The maximum Gasteiger partial charge on any atom is 0.262 e. The van der Waals surface area contributed by atoms with E-state index in [0.29, 0.717) is 11.3 Å². The third-order valence-electron chi connectivity index (χ3n) is 3.10. The van der Waals surface area contributed by atoms with Crippen molar-refractivity contribution >= 4 is 17.2 Å². The molecule has 0 atom stereocenters. The van der Waals surface area contributed by atoms with Crippen molar-refractivity contribution in [2.45, 2.75) is 32.1 Å². The summed E-state index contributed by atoms with van der Waals surface area (Å²) in [6.45, 7) is 0.802. The van der Waals surface area contributed by atoms with E-state index in [-0.39, 0.29) is 12.5 Å². The van der Waals surface area contributed by atoms with Crippen LogP contribution in [0.4, 0.5) is 0 Å². The van der Waals surface area contributed by atoms with E-state index in [1.807, 2.05) is 11.4 Å². The second-order valence-electron chi connectivity index (χ2n) is 4.78. The molecule has 1 saturated carbocycles. The van der Waals surface area contributed by atoms with Crippen LogP contribution < -0.4 is 5.32 Å². The first-order valence-corrected chi connectivity index (χ1v) is 7.64. The molecule has 1 amide bonds. The zero-order chi connectivity index (χ0) is 13.5. The van der Waals surface area contributed by atoms with Gasteiger partial charge in [0, 0.05) is 18.5 Å². The van der Waals surface area contributed by atoms with E-state index in [9.17, 15) is 4.79 Å². The topological polar surface area (TPSA) is 49.3 Å². The Labute approximate surface area is 118 Å². The van der Waals surface area contributed by atoms with Gasteiger partial charge in [-0.05, 0) is 30.2 Å². The van der Waals surface area contributed by atoms with Crippen LogP contribution in [0, 0.1) is 17.8 Å². The number of carbonyl (C=O) groups is 1. The molecule has 0 saturated heterocycles. The molecule has 19 heavy (non-hydrogen) atoms. The molecule has 3 nitrogen and oxygen atoms in total. The van der Waals surface area contributed by atoms with Gasteiger partial charge in [0.15, 0.2) is 0 Å². The van der Waals surface area contributed by atoms with Crippen LogP contribution in [0.3, 0.4) is 0 Å². The third-order valence-corrected chi connectivity index (χ3v) is 4.02. The second-order valence-corrected chi connectivity index (χ2v) is 5.70. The summed E-state index contributed by atoms with van der Waals surface area (Å²) in [7, 11) is 0. The van der Waals surface area contributed by atoms with Crippen molar-refractivity contribution in [3.8, 4) is 11.8 Å². The highest BCUT2D eigenvalue weighted by Gasteiger charge is 2.20. The molecule has 4 heteroatoms. The normalized spacial score (nSPS) is 13.7. The molecule has 2 rings (SSSR count). The van der Waals surface area contributed by atoms with Crippen LogP contribution in [0.5, 0.6) is 0 Å². The minimum absolute atomic E-state index is 0.0286. The maximum atomic E-state index is 12.0. The minimum Gasteiger partial charge on any atom is -0.395 e. The van der Waals surface area contributed by atoms with Gasteiger partial charge in [0.1, 0.15) is 4.88 Å². The molecule has 102 valence electrons. The Morgan fingerprint density at radius 1 is 1.53 bits per heavy atom. The molecule has 0 unspecified atom stereocenters. The predicted octanol–water partition coefficient (Wildman–Crippen LogP) is 2.40. The smallest absolute Gasteiger partial charge is 0.262 e. The van der Waals surface area contributed by atoms with Gasteiger partial charge in [-0.3, -0.25) is 4.79 Å². The molecular weight excluding hydrogens is 258 g/mol. The molecule has 1 aromatic heterocycles. The first-order valence-electron chi connectivity index (χ1n) is 6.76. The number of aliphatic hydroxyl groups is 1. The molecule has 1 aromatic rings. The van der Waals surface area contributed by atoms with Gasteiger partial charge in [-0.2, -0.15) is 0 Å². The summed E-state index contributed by atoms with van der Waals surface area (Å²) in [6, 6.07) is 1.86. The molecule has 0 bridgehead atoms. The van der Waals surface area contributed by atoms with Gasteiger partial charge in [0.25, 0.3) is 5.91 Å². The molecule has 1 aliphatic carbocycles. The molecule has 0 radical (unpaired) electrons. The van der Waals surface area contributed by atoms with Crippen molar-refractivity contribution in [2.24, 2.45) is 5.92 Å². The van der Waals surface area contributed by atoms with Gasteiger partial charge in [-0.1, -0.05) is 24.7 Å². The van der Waals surface area contributed by atoms with E-state index in [0.717, 1.165) is 24.4 Å². The summed E-state index contributed by atoms with van der Waals surface area (Å²) in [4.78, 5) is 12.7. The van der Waals surface area contributed by atoms with E-state index < -0.39 is 0 Å². The van der Waals surface area contributed by atoms with E-state index in [2.05, 4.69) is 17.2 Å². The highest BCUT2D eigenvalue weighted by Crippen LogP contribution is 2.33. The zero-order valence-corrected chi connectivity index (χ0v) is 11.8. The van der Waals surface area contributed by atoms with Crippen LogP contribution >= 0.6 is 11.3 Å². The molecule has 1 aliphatic rings. The molecule has 2 N–H and O–H groups in total. The molecule has 1 heterocycles. The lowest BCUT2D eigenvalue weighted by atomic mass is 10.2. The zero-order valence-electron chi connectivity index (χ0n) is 10.9. The van der Waals surface area contributed by atoms with Crippen molar-refractivity contribution in [3.63, 3.8) is 0 Å². The molecular formula is C15H19NO2S. The van der Waals surface area contributed by atoms with Gasteiger partial charge >= 0.3 is 0 Å². The summed E-state index contributed by atoms with van der Waals surface area (Å²) in [6.07, 6.45) is 5.46. The first kappa shape index (κ1) is 14.1. The van der Waals surface area contributed by atoms with Crippen LogP contribution in [0.15, 0.2) is 11.4 Å². The standard InChI is InChI=1S/C15H19NO2S/c17-10-2-1-5-13-8-11-19-14(13)15(18)16-9-3-4-12-6-7-12/h8,11-12,17H,2-4,6-7,9-10H2,(H,16,18). The number of hydrogen-bond acceptors (Lipinski definition) is 3. The van der Waals surface area contributed by atoms with Crippen LogP contribution in [0.25, 0.3) is 0 Å². The van der Waals surface area contributed by atoms with E-state index in [4.69, 9.17) is 5.11 Å². The van der Waals surface area contributed by atoms with Crippen LogP contribution in [0.2, 0.25) is 0 Å². The SMILES string of the molecule is O=C(NCCCC1CC1)c1sccc1C#CCCO. The molecule has 1 fully saturated rings. The lowest BCUT2D eigenvalue weighted by Crippen LogP contribution is -2.24. The van der Waals surface area contributed by atoms with E-state index in [1.54, 1.807) is 0 Å². The van der Waals surface area contributed by atoms with Gasteiger partial charge in [0.2, 0.25) is 0 Å². The van der Waals surface area contributed by atoms with Crippen LogP contribution in [0.1, 0.15) is 47.3 Å². The third kappa shape index (κ3) is 4.70. The number of aliphatic hydroxyl groups excluding tert-OH is 1. The summed E-state index contributed by atoms with van der Waals surface area (Å²) < 4.78 is 0. The van der Waals surface area contributed by atoms with Gasteiger partial charge in [-0.25, -0.2) is 0 Å². The Morgan fingerprint density at radius 2 is 2.37 bits per heavy atom. The van der Waals surface area contributed by atoms with Crippen molar-refractivity contribution in [1.29, 1.82) is 0 Å². The summed E-state index contributed by atoms with van der Waals surface area (Å²) in [5.41, 5.74) is 0.762. The van der Waals surface area contributed by atoms with E-state index >= 15 is 0 Å². The predicted molar refractivity (Wildman–Crippen MR) is 77.2 cm³/mol. The number of nitrogens with one attached hydrogen (secondary N) is 1. The Morgan fingerprint density at radius 3 is 3.11 bits per heavy atom. The Hall–Kier alpha value is -1.31. The quantitative estimate of drug-likeness (QED) is 0.619. The maximum absolute atomic E-state index is 12.0. The fourth-order valence-electron chi connectivity index (χ4n) is 1.88. The number of hydrogen-bond donors (Lipinski definition) is 2. The summed E-state index contributed by atoms with van der Waals surface area (Å²) >= 11 is 1.42. The van der Waals surface area contributed by atoms with Gasteiger partial charge in [0.05, 0.1) is 6.61 Å². The fraction of sp³-hybridized carbons (Fsp3) is 0.533. The van der Waals surface area contributed by atoms with Gasteiger partial charge < -0.3 is 10.4 Å². The second kappa shape index (κ2) is 7.32. The average molecular weight is 277 g/mol. The molecule has 0 aliphatic heterocycles. The van der Waals surface area contributed by atoms with Crippen LogP contribution in [-0.4, -0.2) is 24.2 Å². The Bertz CT molecular complexity index is 480. The number of thiophene rings is 1. The minimum atomic E-state index is -0.0286. The number of amides is 1. The van der Waals surface area contributed by atoms with Crippen molar-refractivity contribution in [3.05, 3.63) is 21.9 Å². The first-order chi connectivity index (χ1) is 9.31.